The van der Waals surface area contributed by atoms with E-state index in [0.29, 0.717) is 11.5 Å². The topological polar surface area (TPSA) is 0 Å². The monoisotopic (exact) mass is 302 g/mol. The van der Waals surface area contributed by atoms with Crippen molar-refractivity contribution in [2.75, 3.05) is 0 Å². The molecule has 21 heavy (non-hydrogen) atoms. The molecule has 0 saturated heterocycles. The zero-order chi connectivity index (χ0) is 15.4. The zero-order valence-corrected chi connectivity index (χ0v) is 13.3. The molecule has 2 rings (SSSR count). The standard InChI is InChI=1S/C19H20ClF/c1-4-14-6-9-15(10-7-14)17-12-11-16(8-5-13(2)3)19(21)18(17)20/h4,6-7,9-13H,1,5,8H2,2-3H3. The second kappa shape index (κ2) is 6.91. The van der Waals surface area contributed by atoms with Gasteiger partial charge in [0.1, 0.15) is 5.82 Å². The van der Waals surface area contributed by atoms with Gasteiger partial charge in [0.2, 0.25) is 0 Å². The van der Waals surface area contributed by atoms with Gasteiger partial charge < -0.3 is 0 Å². The molecule has 0 N–H and O–H groups in total. The number of halogens is 2. The summed E-state index contributed by atoms with van der Waals surface area (Å²) in [6.45, 7) is 7.99. The molecule has 2 aromatic carbocycles. The Morgan fingerprint density at radius 3 is 2.38 bits per heavy atom. The van der Waals surface area contributed by atoms with Crippen LogP contribution in [0, 0.1) is 11.7 Å². The van der Waals surface area contributed by atoms with Gasteiger partial charge in [-0.1, -0.05) is 74.5 Å². The number of benzene rings is 2. The normalized spacial score (nSPS) is 10.9. The maximum absolute atomic E-state index is 14.4. The number of rotatable bonds is 5. The van der Waals surface area contributed by atoms with Gasteiger partial charge in [0.15, 0.2) is 0 Å². The first kappa shape index (κ1) is 15.8. The highest BCUT2D eigenvalue weighted by Crippen LogP contribution is 2.32. The molecule has 0 atom stereocenters. The fourth-order valence-electron chi connectivity index (χ4n) is 2.25. The van der Waals surface area contributed by atoms with E-state index in [0.717, 1.165) is 29.5 Å². The molecule has 0 amide bonds. The molecule has 0 unspecified atom stereocenters. The summed E-state index contributed by atoms with van der Waals surface area (Å²) in [4.78, 5) is 0. The average Bonchev–Trinajstić information content (AvgIpc) is 2.49. The van der Waals surface area contributed by atoms with Gasteiger partial charge in [0.25, 0.3) is 0 Å². The van der Waals surface area contributed by atoms with Crippen LogP contribution in [0.3, 0.4) is 0 Å². The van der Waals surface area contributed by atoms with Gasteiger partial charge in [0, 0.05) is 5.56 Å². The van der Waals surface area contributed by atoms with Gasteiger partial charge in [-0.15, -0.1) is 0 Å². The minimum absolute atomic E-state index is 0.211. The SMILES string of the molecule is C=Cc1ccc(-c2ccc(CCC(C)C)c(F)c2Cl)cc1. The molecule has 0 aliphatic rings. The van der Waals surface area contributed by atoms with E-state index in [9.17, 15) is 4.39 Å². The van der Waals surface area contributed by atoms with E-state index in [-0.39, 0.29) is 10.8 Å². The molecule has 0 fully saturated rings. The molecule has 110 valence electrons. The minimum Gasteiger partial charge on any atom is -0.205 e. The third kappa shape index (κ3) is 3.74. The van der Waals surface area contributed by atoms with Crippen LogP contribution < -0.4 is 0 Å². The highest BCUT2D eigenvalue weighted by atomic mass is 35.5. The first-order valence-electron chi connectivity index (χ1n) is 7.22. The van der Waals surface area contributed by atoms with Crippen molar-refractivity contribution in [3.05, 3.63) is 64.9 Å². The fourth-order valence-corrected chi connectivity index (χ4v) is 2.54. The van der Waals surface area contributed by atoms with Gasteiger partial charge in [-0.3, -0.25) is 0 Å². The number of hydrogen-bond acceptors (Lipinski definition) is 0. The van der Waals surface area contributed by atoms with Crippen LogP contribution in [0.2, 0.25) is 5.02 Å². The molecule has 0 bridgehead atoms. The van der Waals surface area contributed by atoms with Gasteiger partial charge in [-0.05, 0) is 35.4 Å². The van der Waals surface area contributed by atoms with E-state index in [4.69, 9.17) is 11.6 Å². The summed E-state index contributed by atoms with van der Waals surface area (Å²) in [5.74, 6) is 0.261. The Balaban J connectivity index is 2.32. The Kier molecular flexibility index (Phi) is 5.19. The lowest BCUT2D eigenvalue weighted by Crippen LogP contribution is -1.97. The summed E-state index contributed by atoms with van der Waals surface area (Å²) in [6.07, 6.45) is 3.46. The Morgan fingerprint density at radius 1 is 1.14 bits per heavy atom. The van der Waals surface area contributed by atoms with E-state index in [1.54, 1.807) is 6.08 Å². The Morgan fingerprint density at radius 2 is 1.81 bits per heavy atom. The zero-order valence-electron chi connectivity index (χ0n) is 12.5. The summed E-state index contributed by atoms with van der Waals surface area (Å²) < 4.78 is 14.4. The van der Waals surface area contributed by atoms with Crippen molar-refractivity contribution in [2.45, 2.75) is 26.7 Å². The van der Waals surface area contributed by atoms with Crippen LogP contribution in [0.5, 0.6) is 0 Å². The third-order valence-electron chi connectivity index (χ3n) is 3.61. The van der Waals surface area contributed by atoms with Crippen LogP contribution in [-0.4, -0.2) is 0 Å². The lowest BCUT2D eigenvalue weighted by molar-refractivity contribution is 0.558. The van der Waals surface area contributed by atoms with Crippen molar-refractivity contribution in [3.8, 4) is 11.1 Å². The predicted octanol–water partition coefficient (Wildman–Crippen LogP) is 6.38. The highest BCUT2D eigenvalue weighted by molar-refractivity contribution is 6.33. The molecule has 0 saturated carbocycles. The van der Waals surface area contributed by atoms with Gasteiger partial charge in [-0.2, -0.15) is 0 Å². The summed E-state index contributed by atoms with van der Waals surface area (Å²) in [5.41, 5.74) is 3.38. The lowest BCUT2D eigenvalue weighted by Gasteiger charge is -2.11. The van der Waals surface area contributed by atoms with E-state index in [1.165, 1.54) is 0 Å². The molecule has 0 aliphatic carbocycles. The van der Waals surface area contributed by atoms with Crippen molar-refractivity contribution in [2.24, 2.45) is 5.92 Å². The molecule has 0 nitrogen and oxygen atoms in total. The molecule has 0 aromatic heterocycles. The Hall–Kier alpha value is -1.60. The van der Waals surface area contributed by atoms with E-state index in [1.807, 2.05) is 36.4 Å². The number of hydrogen-bond donors (Lipinski definition) is 0. The summed E-state index contributed by atoms with van der Waals surface area (Å²) in [6, 6.07) is 11.5. The van der Waals surface area contributed by atoms with Crippen molar-refractivity contribution in [1.82, 2.24) is 0 Å². The fraction of sp³-hybridized carbons (Fsp3) is 0.263. The highest BCUT2D eigenvalue weighted by Gasteiger charge is 2.13. The van der Waals surface area contributed by atoms with E-state index in [2.05, 4.69) is 20.4 Å². The molecular weight excluding hydrogens is 283 g/mol. The lowest BCUT2D eigenvalue weighted by atomic mass is 9.98. The molecule has 2 heteroatoms. The number of aryl methyl sites for hydroxylation is 1. The van der Waals surface area contributed by atoms with Crippen LogP contribution in [0.1, 0.15) is 31.4 Å². The smallest absolute Gasteiger partial charge is 0.145 e. The quantitative estimate of drug-likeness (QED) is 0.601. The molecule has 0 heterocycles. The first-order chi connectivity index (χ1) is 10.0. The maximum atomic E-state index is 14.4. The molecule has 0 radical (unpaired) electrons. The van der Waals surface area contributed by atoms with Crippen molar-refractivity contribution in [1.29, 1.82) is 0 Å². The second-order valence-corrected chi connectivity index (χ2v) is 6.04. The van der Waals surface area contributed by atoms with Crippen molar-refractivity contribution >= 4 is 17.7 Å². The molecule has 0 spiro atoms. The molecule has 2 aromatic rings. The van der Waals surface area contributed by atoms with Crippen molar-refractivity contribution in [3.63, 3.8) is 0 Å². The van der Waals surface area contributed by atoms with Gasteiger partial charge in [-0.25, -0.2) is 4.39 Å². The van der Waals surface area contributed by atoms with Crippen LogP contribution in [0.15, 0.2) is 43.0 Å². The van der Waals surface area contributed by atoms with Gasteiger partial charge >= 0.3 is 0 Å². The van der Waals surface area contributed by atoms with Gasteiger partial charge in [0.05, 0.1) is 5.02 Å². The Bertz CT molecular complexity index is 627. The predicted molar refractivity (Wildman–Crippen MR) is 90.1 cm³/mol. The van der Waals surface area contributed by atoms with Crippen LogP contribution in [-0.2, 0) is 6.42 Å². The summed E-state index contributed by atoms with van der Waals surface area (Å²) in [7, 11) is 0. The van der Waals surface area contributed by atoms with Crippen LogP contribution >= 0.6 is 11.6 Å². The van der Waals surface area contributed by atoms with Crippen molar-refractivity contribution < 1.29 is 4.39 Å². The van der Waals surface area contributed by atoms with Crippen LogP contribution in [0.4, 0.5) is 4.39 Å². The third-order valence-corrected chi connectivity index (χ3v) is 3.98. The van der Waals surface area contributed by atoms with E-state index < -0.39 is 0 Å². The second-order valence-electron chi connectivity index (χ2n) is 5.66. The minimum atomic E-state index is -0.289. The Labute approximate surface area is 131 Å². The summed E-state index contributed by atoms with van der Waals surface area (Å²) in [5, 5.41) is 0.211. The summed E-state index contributed by atoms with van der Waals surface area (Å²) >= 11 is 6.23. The molecular formula is C19H20ClF. The average molecular weight is 303 g/mol. The molecule has 0 aliphatic heterocycles. The largest absolute Gasteiger partial charge is 0.205 e. The maximum Gasteiger partial charge on any atom is 0.145 e. The first-order valence-corrected chi connectivity index (χ1v) is 7.60. The van der Waals surface area contributed by atoms with Crippen LogP contribution in [0.25, 0.3) is 17.2 Å². The van der Waals surface area contributed by atoms with E-state index >= 15 is 0 Å².